The van der Waals surface area contributed by atoms with E-state index in [0.29, 0.717) is 21.2 Å². The molecule has 2 heterocycles. The fourth-order valence-corrected chi connectivity index (χ4v) is 6.31. The molecule has 0 saturated heterocycles. The number of ether oxygens (including phenoxy) is 2. The lowest BCUT2D eigenvalue weighted by Crippen LogP contribution is -2.55. The van der Waals surface area contributed by atoms with Gasteiger partial charge in [-0.2, -0.15) is 26.3 Å². The molecule has 224 valence electrons. The molecule has 0 aliphatic carbocycles. The Morgan fingerprint density at radius 3 is 1.33 bits per heavy atom. The number of halogens is 6. The van der Waals surface area contributed by atoms with Crippen LogP contribution in [0.4, 0.5) is 37.7 Å². The number of hydrogen-bond donors (Lipinski definition) is 2. The van der Waals surface area contributed by atoms with Gasteiger partial charge in [0, 0.05) is 34.0 Å². The van der Waals surface area contributed by atoms with Gasteiger partial charge in [-0.25, -0.2) is 0 Å². The topological polar surface area (TPSA) is 24.9 Å². The van der Waals surface area contributed by atoms with Crippen LogP contribution in [0.25, 0.3) is 0 Å². The number of fused-ring (bicyclic) bond motifs is 2. The molecule has 0 aromatic heterocycles. The number of anilines is 2. The minimum absolute atomic E-state index is 0.0304. The van der Waals surface area contributed by atoms with Crippen LogP contribution in [0.5, 0.6) is 11.5 Å². The molecular weight excluding hydrogens is 610 g/mol. The first kappa shape index (κ1) is 29.4. The first-order valence-electron chi connectivity index (χ1n) is 13.1. The van der Waals surface area contributed by atoms with Crippen molar-refractivity contribution in [1.29, 1.82) is 0 Å². The number of rotatable bonds is 4. The van der Waals surface area contributed by atoms with E-state index >= 15 is 26.3 Å². The average Bonchev–Trinajstić information content (AvgIpc) is 2.96. The van der Waals surface area contributed by atoms with Crippen molar-refractivity contribution in [2.45, 2.75) is 40.6 Å². The zero-order valence-electron chi connectivity index (χ0n) is 22.3. The van der Waals surface area contributed by atoms with Crippen molar-refractivity contribution in [3.05, 3.63) is 107 Å². The van der Waals surface area contributed by atoms with E-state index in [1.807, 2.05) is 0 Å². The van der Waals surface area contributed by atoms with Gasteiger partial charge in [0.2, 0.25) is 5.41 Å². The van der Waals surface area contributed by atoms with Crippen molar-refractivity contribution < 1.29 is 35.8 Å². The van der Waals surface area contributed by atoms with Crippen LogP contribution in [-0.4, -0.2) is 25.8 Å². The molecule has 0 saturated carbocycles. The summed E-state index contributed by atoms with van der Waals surface area (Å²) in [6.45, 7) is 0.181. The highest BCUT2D eigenvalue weighted by Crippen LogP contribution is 2.57. The van der Waals surface area contributed by atoms with E-state index in [-0.39, 0.29) is 49.2 Å². The zero-order valence-corrected chi connectivity index (χ0v) is 24.1. The highest BCUT2D eigenvalue weighted by Gasteiger charge is 2.72. The van der Waals surface area contributed by atoms with Gasteiger partial charge >= 0.3 is 12.4 Å². The summed E-state index contributed by atoms with van der Waals surface area (Å²) in [7, 11) is 0. The molecule has 0 unspecified atom stereocenters. The van der Waals surface area contributed by atoms with Crippen molar-refractivity contribution in [3.8, 4) is 11.5 Å². The molecule has 4 aromatic rings. The molecular formula is C31H24F6N2O2S2. The molecule has 6 rings (SSSR count). The molecule has 0 spiro atoms. The van der Waals surface area contributed by atoms with Crippen LogP contribution in [0, 0.1) is 0 Å². The monoisotopic (exact) mass is 634 g/mol. The van der Waals surface area contributed by atoms with Gasteiger partial charge in [0.15, 0.2) is 13.5 Å². The predicted octanol–water partition coefficient (Wildman–Crippen LogP) is 8.39. The zero-order chi connectivity index (χ0) is 30.6. The number of para-hydroxylation sites is 2. The van der Waals surface area contributed by atoms with Crippen LogP contribution in [0.1, 0.15) is 22.3 Å². The van der Waals surface area contributed by atoms with E-state index in [1.165, 1.54) is 12.1 Å². The summed E-state index contributed by atoms with van der Waals surface area (Å²) in [5.74, 6) is 0.435. The molecule has 12 heteroatoms. The molecule has 0 bridgehead atoms. The number of nitrogens with zero attached hydrogens (tertiary/aromatic N) is 2. The second-order valence-electron chi connectivity index (χ2n) is 10.3. The van der Waals surface area contributed by atoms with Crippen LogP contribution in [0.2, 0.25) is 0 Å². The van der Waals surface area contributed by atoms with Gasteiger partial charge in [-0.15, -0.1) is 25.3 Å². The van der Waals surface area contributed by atoms with Crippen LogP contribution in [0.15, 0.2) is 94.7 Å². The molecule has 0 atom stereocenters. The summed E-state index contributed by atoms with van der Waals surface area (Å²) in [6, 6.07) is 20.0. The van der Waals surface area contributed by atoms with Gasteiger partial charge in [-0.3, -0.25) is 0 Å². The van der Waals surface area contributed by atoms with Gasteiger partial charge < -0.3 is 19.3 Å². The molecule has 4 nitrogen and oxygen atoms in total. The minimum Gasteiger partial charge on any atom is -0.473 e. The van der Waals surface area contributed by atoms with E-state index in [2.05, 4.69) is 25.3 Å². The number of hydrogen-bond acceptors (Lipinski definition) is 6. The molecule has 4 aromatic carbocycles. The minimum atomic E-state index is -5.74. The highest BCUT2D eigenvalue weighted by molar-refractivity contribution is 7.80. The van der Waals surface area contributed by atoms with Gasteiger partial charge in [0.25, 0.3) is 0 Å². The molecule has 2 aliphatic rings. The largest absolute Gasteiger partial charge is 0.473 e. The van der Waals surface area contributed by atoms with Crippen molar-refractivity contribution in [2.24, 2.45) is 0 Å². The third-order valence-electron chi connectivity index (χ3n) is 7.76. The summed E-state index contributed by atoms with van der Waals surface area (Å²) >= 11 is 8.86. The van der Waals surface area contributed by atoms with Crippen molar-refractivity contribution in [2.75, 3.05) is 23.3 Å². The van der Waals surface area contributed by atoms with E-state index in [9.17, 15) is 0 Å². The standard InChI is InChI=1S/C31H24F6N2O2S2/c32-30(33,34)29(31(35,36)37,21-9-11-25-19(13-21)15-38(17-40-25)23-5-1-3-7-27(23)42)22-10-12-26-20(14-22)16-39(18-41-26)24-6-2-4-8-28(24)43/h1-14,42-43H,15-18H2. The van der Waals surface area contributed by atoms with E-state index < -0.39 is 28.9 Å². The number of alkyl halides is 6. The maximum atomic E-state index is 15.1. The summed E-state index contributed by atoms with van der Waals surface area (Å²) in [5, 5.41) is 0. The van der Waals surface area contributed by atoms with Gasteiger partial charge in [0.1, 0.15) is 11.5 Å². The lowest BCUT2D eigenvalue weighted by molar-refractivity contribution is -0.288. The Bertz CT molecular complexity index is 1550. The summed E-state index contributed by atoms with van der Waals surface area (Å²) in [5.41, 5.74) is -4.57. The second kappa shape index (κ2) is 10.8. The molecule has 0 fully saturated rings. The average molecular weight is 635 g/mol. The molecule has 0 N–H and O–H groups in total. The Hall–Kier alpha value is -3.64. The van der Waals surface area contributed by atoms with Crippen molar-refractivity contribution >= 4 is 36.6 Å². The molecule has 43 heavy (non-hydrogen) atoms. The van der Waals surface area contributed by atoms with Crippen LogP contribution in [0.3, 0.4) is 0 Å². The van der Waals surface area contributed by atoms with E-state index in [4.69, 9.17) is 9.47 Å². The third-order valence-corrected chi connectivity index (χ3v) is 8.51. The predicted molar refractivity (Wildman–Crippen MR) is 157 cm³/mol. The summed E-state index contributed by atoms with van der Waals surface area (Å²) in [6.07, 6.45) is -11.5. The smallest absolute Gasteiger partial charge is 0.411 e. The first-order valence-corrected chi connectivity index (χ1v) is 14.0. The SMILES string of the molecule is FC(F)(F)C(c1ccc2c(c1)CN(c1ccccc1S)CO2)(c1ccc2c(c1)CN(c1ccccc1S)CO2)C(F)(F)F. The van der Waals surface area contributed by atoms with Gasteiger partial charge in [0.05, 0.1) is 11.4 Å². The maximum absolute atomic E-state index is 15.1. The van der Waals surface area contributed by atoms with E-state index in [0.717, 1.165) is 24.3 Å². The second-order valence-corrected chi connectivity index (χ2v) is 11.3. The Morgan fingerprint density at radius 2 is 0.953 bits per heavy atom. The Morgan fingerprint density at radius 1 is 0.558 bits per heavy atom. The number of thiol groups is 2. The van der Waals surface area contributed by atoms with Crippen LogP contribution >= 0.6 is 25.3 Å². The van der Waals surface area contributed by atoms with Gasteiger partial charge in [-0.05, 0) is 59.7 Å². The summed E-state index contributed by atoms with van der Waals surface area (Å²) < 4.78 is 102. The Balaban J connectivity index is 1.45. The fourth-order valence-electron chi connectivity index (χ4n) is 5.71. The molecule has 0 radical (unpaired) electrons. The normalized spacial score (nSPS) is 15.3. The quantitative estimate of drug-likeness (QED) is 0.174. The van der Waals surface area contributed by atoms with Crippen LogP contribution < -0.4 is 19.3 Å². The number of benzene rings is 4. The lowest BCUT2D eigenvalue weighted by Gasteiger charge is -2.40. The third kappa shape index (κ3) is 5.04. The lowest BCUT2D eigenvalue weighted by atomic mass is 9.72. The molecule has 0 amide bonds. The Labute approximate surface area is 254 Å². The molecule has 2 aliphatic heterocycles. The fraction of sp³-hybridized carbons (Fsp3) is 0.226. The maximum Gasteiger partial charge on any atom is 0.411 e. The Kier molecular flexibility index (Phi) is 7.40. The van der Waals surface area contributed by atoms with Crippen LogP contribution in [-0.2, 0) is 18.5 Å². The van der Waals surface area contributed by atoms with E-state index in [1.54, 1.807) is 58.3 Å². The van der Waals surface area contributed by atoms with Crippen molar-refractivity contribution in [3.63, 3.8) is 0 Å². The van der Waals surface area contributed by atoms with Crippen molar-refractivity contribution in [1.82, 2.24) is 0 Å². The van der Waals surface area contributed by atoms with Gasteiger partial charge in [-0.1, -0.05) is 36.4 Å². The highest BCUT2D eigenvalue weighted by atomic mass is 32.1. The summed E-state index contributed by atoms with van der Waals surface area (Å²) in [4.78, 5) is 4.58. The first-order chi connectivity index (χ1) is 20.4.